The van der Waals surface area contributed by atoms with E-state index < -0.39 is 35.4 Å². The van der Waals surface area contributed by atoms with E-state index in [4.69, 9.17) is 18.9 Å². The number of hydrogen-bond donors (Lipinski definition) is 1. The van der Waals surface area contributed by atoms with Gasteiger partial charge in [-0.1, -0.05) is 36.4 Å². The SMILES string of the molecule is COC(O)(C[C@H]([C@H]1COC(C)(C)O1)N(Cc1ccccc1)C(=O)OC(C)(C)C)c1ccccn1. The van der Waals surface area contributed by atoms with Gasteiger partial charge in [0.1, 0.15) is 11.7 Å². The number of ether oxygens (including phenoxy) is 4. The van der Waals surface area contributed by atoms with Crippen molar-refractivity contribution in [1.82, 2.24) is 9.88 Å². The number of aromatic nitrogens is 1. The molecule has 1 unspecified atom stereocenters. The zero-order valence-corrected chi connectivity index (χ0v) is 20.9. The van der Waals surface area contributed by atoms with Gasteiger partial charge in [0.15, 0.2) is 5.79 Å². The van der Waals surface area contributed by atoms with E-state index in [1.807, 2.05) is 65.0 Å². The Bertz CT molecular complexity index is 931. The predicted molar refractivity (Wildman–Crippen MR) is 127 cm³/mol. The molecule has 0 spiro atoms. The largest absolute Gasteiger partial charge is 0.444 e. The summed E-state index contributed by atoms with van der Waals surface area (Å²) in [5.41, 5.74) is 0.543. The van der Waals surface area contributed by atoms with Gasteiger partial charge in [0.2, 0.25) is 5.79 Å². The van der Waals surface area contributed by atoms with Crippen LogP contribution in [0.25, 0.3) is 0 Å². The van der Waals surface area contributed by atoms with E-state index in [0.717, 1.165) is 5.56 Å². The lowest BCUT2D eigenvalue weighted by Crippen LogP contribution is -2.53. The Balaban J connectivity index is 2.03. The molecule has 0 bridgehead atoms. The van der Waals surface area contributed by atoms with Crippen molar-refractivity contribution < 1.29 is 28.8 Å². The molecule has 1 aliphatic rings. The molecule has 2 aromatic rings. The third-order valence-electron chi connectivity index (χ3n) is 5.57. The monoisotopic (exact) mass is 472 g/mol. The highest BCUT2D eigenvalue weighted by Gasteiger charge is 2.47. The number of aliphatic hydroxyl groups is 1. The summed E-state index contributed by atoms with van der Waals surface area (Å²) >= 11 is 0. The topological polar surface area (TPSA) is 90.4 Å². The summed E-state index contributed by atoms with van der Waals surface area (Å²) in [4.78, 5) is 19.4. The van der Waals surface area contributed by atoms with E-state index in [9.17, 15) is 9.90 Å². The summed E-state index contributed by atoms with van der Waals surface area (Å²) in [6, 6.07) is 14.2. The summed E-state index contributed by atoms with van der Waals surface area (Å²) in [7, 11) is 1.41. The van der Waals surface area contributed by atoms with Gasteiger partial charge in [0.25, 0.3) is 0 Å². The predicted octanol–water partition coefficient (Wildman–Crippen LogP) is 4.22. The quantitative estimate of drug-likeness (QED) is 0.575. The minimum Gasteiger partial charge on any atom is -0.444 e. The molecule has 8 nitrogen and oxygen atoms in total. The van der Waals surface area contributed by atoms with Gasteiger partial charge >= 0.3 is 6.09 Å². The fourth-order valence-corrected chi connectivity index (χ4v) is 3.94. The Morgan fingerprint density at radius 2 is 1.88 bits per heavy atom. The zero-order chi connectivity index (χ0) is 25.0. The molecule has 1 N–H and O–H groups in total. The minimum absolute atomic E-state index is 0.00328. The molecule has 8 heteroatoms. The molecule has 34 heavy (non-hydrogen) atoms. The van der Waals surface area contributed by atoms with Crippen molar-refractivity contribution in [3.63, 3.8) is 0 Å². The van der Waals surface area contributed by atoms with Crippen LogP contribution in [0.1, 0.15) is 52.3 Å². The van der Waals surface area contributed by atoms with Gasteiger partial charge in [0, 0.05) is 26.3 Å². The highest BCUT2D eigenvalue weighted by atomic mass is 16.7. The maximum atomic E-state index is 13.5. The summed E-state index contributed by atoms with van der Waals surface area (Å²) < 4.78 is 23.3. The fraction of sp³-hybridized carbons (Fsp3) is 0.538. The molecule has 3 atom stereocenters. The van der Waals surface area contributed by atoms with Crippen molar-refractivity contribution in [2.24, 2.45) is 0 Å². The van der Waals surface area contributed by atoms with E-state index in [0.29, 0.717) is 5.69 Å². The number of amides is 1. The van der Waals surface area contributed by atoms with Crippen molar-refractivity contribution in [2.45, 2.75) is 76.9 Å². The molecule has 1 aromatic carbocycles. The summed E-state index contributed by atoms with van der Waals surface area (Å²) in [5.74, 6) is -2.59. The summed E-state index contributed by atoms with van der Waals surface area (Å²) in [6.45, 7) is 9.59. The van der Waals surface area contributed by atoms with Gasteiger partial charge in [-0.05, 0) is 52.3 Å². The Kier molecular flexibility index (Phi) is 7.98. The van der Waals surface area contributed by atoms with Crippen LogP contribution in [-0.4, -0.2) is 58.3 Å². The van der Waals surface area contributed by atoms with Gasteiger partial charge in [-0.3, -0.25) is 9.88 Å². The first-order valence-electron chi connectivity index (χ1n) is 11.5. The van der Waals surface area contributed by atoms with Crippen molar-refractivity contribution in [2.75, 3.05) is 13.7 Å². The first kappa shape index (κ1) is 26.1. The average Bonchev–Trinajstić information content (AvgIpc) is 3.15. The molecule has 0 aliphatic carbocycles. The van der Waals surface area contributed by atoms with Crippen LogP contribution in [0, 0.1) is 0 Å². The van der Waals surface area contributed by atoms with Crippen LogP contribution in [0.4, 0.5) is 4.79 Å². The number of carbonyl (C=O) groups excluding carboxylic acids is 1. The normalized spacial score (nSPS) is 20.4. The van der Waals surface area contributed by atoms with E-state index in [2.05, 4.69) is 4.98 Å². The molecular formula is C26H36N2O6. The van der Waals surface area contributed by atoms with Crippen LogP contribution in [0.15, 0.2) is 54.7 Å². The van der Waals surface area contributed by atoms with Crippen LogP contribution in [0.2, 0.25) is 0 Å². The van der Waals surface area contributed by atoms with Crippen LogP contribution >= 0.6 is 0 Å². The van der Waals surface area contributed by atoms with E-state index in [1.54, 1.807) is 29.3 Å². The third-order valence-corrected chi connectivity index (χ3v) is 5.57. The molecular weight excluding hydrogens is 436 g/mol. The zero-order valence-electron chi connectivity index (χ0n) is 20.9. The van der Waals surface area contributed by atoms with Gasteiger partial charge in [-0.2, -0.15) is 0 Å². The third kappa shape index (κ3) is 6.76. The maximum absolute atomic E-state index is 13.5. The molecule has 1 amide bonds. The van der Waals surface area contributed by atoms with Gasteiger partial charge in [-0.15, -0.1) is 0 Å². The second-order valence-corrected chi connectivity index (χ2v) is 9.94. The Labute approximate surface area is 201 Å². The smallest absolute Gasteiger partial charge is 0.410 e. The Morgan fingerprint density at radius 3 is 2.41 bits per heavy atom. The number of hydrogen-bond acceptors (Lipinski definition) is 7. The lowest BCUT2D eigenvalue weighted by molar-refractivity contribution is -0.218. The van der Waals surface area contributed by atoms with Gasteiger partial charge in [0.05, 0.1) is 18.3 Å². The Hall–Kier alpha value is -2.52. The van der Waals surface area contributed by atoms with Crippen molar-refractivity contribution in [3.05, 3.63) is 66.0 Å². The van der Waals surface area contributed by atoms with Crippen LogP contribution < -0.4 is 0 Å². The van der Waals surface area contributed by atoms with Gasteiger partial charge in [-0.25, -0.2) is 4.79 Å². The lowest BCUT2D eigenvalue weighted by atomic mass is 9.96. The second-order valence-electron chi connectivity index (χ2n) is 9.94. The molecule has 1 aliphatic heterocycles. The molecule has 0 saturated carbocycles. The van der Waals surface area contributed by atoms with Crippen molar-refractivity contribution in [1.29, 1.82) is 0 Å². The molecule has 0 radical (unpaired) electrons. The van der Waals surface area contributed by atoms with Crippen LogP contribution in [-0.2, 0) is 31.3 Å². The minimum atomic E-state index is -1.76. The van der Waals surface area contributed by atoms with Crippen molar-refractivity contribution >= 4 is 6.09 Å². The number of pyridine rings is 1. The summed E-state index contributed by atoms with van der Waals surface area (Å²) in [6.07, 6.45) is 0.532. The van der Waals surface area contributed by atoms with E-state index in [-0.39, 0.29) is 19.6 Å². The van der Waals surface area contributed by atoms with E-state index >= 15 is 0 Å². The number of carbonyl (C=O) groups is 1. The number of nitrogens with zero attached hydrogens (tertiary/aromatic N) is 2. The number of rotatable bonds is 8. The lowest BCUT2D eigenvalue weighted by Gasteiger charge is -2.39. The number of benzene rings is 1. The van der Waals surface area contributed by atoms with Crippen molar-refractivity contribution in [3.8, 4) is 0 Å². The second kappa shape index (κ2) is 10.4. The molecule has 3 rings (SSSR count). The standard InChI is InChI=1S/C26H36N2O6/c1-24(2,3)34-23(29)28(17-19-12-8-7-9-13-19)20(21-18-32-25(4,5)33-21)16-26(30,31-6)22-14-10-11-15-27-22/h7-15,20-21,30H,16-18H2,1-6H3/t20-,21-,26?/m1/s1. The Morgan fingerprint density at radius 1 is 1.21 bits per heavy atom. The van der Waals surface area contributed by atoms with Crippen LogP contribution in [0.5, 0.6) is 0 Å². The average molecular weight is 473 g/mol. The molecule has 1 saturated heterocycles. The summed E-state index contributed by atoms with van der Waals surface area (Å²) in [5, 5.41) is 11.5. The fourth-order valence-electron chi connectivity index (χ4n) is 3.94. The maximum Gasteiger partial charge on any atom is 0.410 e. The first-order chi connectivity index (χ1) is 15.9. The van der Waals surface area contributed by atoms with Gasteiger partial charge < -0.3 is 24.1 Å². The highest BCUT2D eigenvalue weighted by Crippen LogP contribution is 2.35. The van der Waals surface area contributed by atoms with E-state index in [1.165, 1.54) is 7.11 Å². The van der Waals surface area contributed by atoms with Crippen LogP contribution in [0.3, 0.4) is 0 Å². The molecule has 1 aromatic heterocycles. The number of methoxy groups -OCH3 is 1. The molecule has 1 fully saturated rings. The first-order valence-corrected chi connectivity index (χ1v) is 11.5. The molecule has 186 valence electrons. The molecule has 2 heterocycles. The highest BCUT2D eigenvalue weighted by molar-refractivity contribution is 5.68.